The Morgan fingerprint density at radius 1 is 1.07 bits per heavy atom. The van der Waals surface area contributed by atoms with Crippen molar-refractivity contribution >= 4 is 35.3 Å². The van der Waals surface area contributed by atoms with Crippen LogP contribution in [0, 0.1) is 5.82 Å². The van der Waals surface area contributed by atoms with Crippen molar-refractivity contribution in [3.8, 4) is 0 Å². The van der Waals surface area contributed by atoms with Gasteiger partial charge in [-0.05, 0) is 42.0 Å². The van der Waals surface area contributed by atoms with Gasteiger partial charge < -0.3 is 9.80 Å². The highest BCUT2D eigenvalue weighted by molar-refractivity contribution is 8.00. The molecule has 1 aliphatic heterocycles. The van der Waals surface area contributed by atoms with Crippen LogP contribution in [0.5, 0.6) is 0 Å². The van der Waals surface area contributed by atoms with Crippen LogP contribution in [-0.4, -0.2) is 53.9 Å². The van der Waals surface area contributed by atoms with Crippen molar-refractivity contribution in [2.24, 2.45) is 0 Å². The lowest BCUT2D eigenvalue weighted by Gasteiger charge is -2.36. The Morgan fingerprint density at radius 3 is 2.45 bits per heavy atom. The minimum Gasteiger partial charge on any atom is -0.367 e. The second-order valence-electron chi connectivity index (χ2n) is 6.48. The molecule has 2 aromatic rings. The smallest absolute Gasteiger partial charge is 0.267 e. The molecule has 1 fully saturated rings. The third-order valence-corrected chi connectivity index (χ3v) is 5.61. The number of hydrogen-bond acceptors (Lipinski definition) is 5. The number of benzene rings is 2. The molecule has 0 saturated carbocycles. The molecule has 0 atom stereocenters. The minimum absolute atomic E-state index is 0.0618. The van der Waals surface area contributed by atoms with Crippen LogP contribution in [0.25, 0.3) is 6.08 Å². The molecule has 1 heterocycles. The highest BCUT2D eigenvalue weighted by atomic mass is 32.2. The van der Waals surface area contributed by atoms with Gasteiger partial charge in [0.25, 0.3) is 5.91 Å². The van der Waals surface area contributed by atoms with Gasteiger partial charge in [-0.3, -0.25) is 14.8 Å². The van der Waals surface area contributed by atoms with E-state index in [1.54, 1.807) is 23.7 Å². The van der Waals surface area contributed by atoms with Crippen LogP contribution in [0.15, 0.2) is 59.5 Å². The van der Waals surface area contributed by atoms with Gasteiger partial charge in [-0.15, -0.1) is 11.8 Å². The number of halogens is 1. The van der Waals surface area contributed by atoms with Gasteiger partial charge in [0.05, 0.1) is 5.75 Å². The fourth-order valence-corrected chi connectivity index (χ4v) is 3.88. The van der Waals surface area contributed by atoms with Crippen LogP contribution in [0.4, 0.5) is 10.1 Å². The average molecular weight is 415 g/mol. The van der Waals surface area contributed by atoms with Crippen LogP contribution in [0.3, 0.4) is 0 Å². The molecule has 2 amide bonds. The second kappa shape index (κ2) is 10.1. The summed E-state index contributed by atoms with van der Waals surface area (Å²) in [7, 11) is 0. The Hall–Kier alpha value is -2.84. The number of nitrogens with one attached hydrogen (secondary N) is 1. The van der Waals surface area contributed by atoms with Crippen LogP contribution >= 0.6 is 11.8 Å². The highest BCUT2D eigenvalue weighted by Crippen LogP contribution is 2.24. The van der Waals surface area contributed by atoms with Crippen LogP contribution < -0.4 is 10.4 Å². The lowest BCUT2D eigenvalue weighted by atomic mass is 10.1. The Labute approximate surface area is 173 Å². The molecule has 2 aromatic carbocycles. The van der Waals surface area contributed by atoms with Gasteiger partial charge in [0.1, 0.15) is 5.82 Å². The van der Waals surface area contributed by atoms with E-state index in [0.29, 0.717) is 31.9 Å². The van der Waals surface area contributed by atoms with Crippen molar-refractivity contribution in [1.82, 2.24) is 10.4 Å². The molecule has 2 N–H and O–H groups in total. The average Bonchev–Trinajstić information content (AvgIpc) is 2.77. The molecule has 152 valence electrons. The van der Waals surface area contributed by atoms with E-state index >= 15 is 0 Å². The Balaban J connectivity index is 1.55. The highest BCUT2D eigenvalue weighted by Gasteiger charge is 2.22. The molecule has 1 aliphatic rings. The molecule has 0 aliphatic carbocycles. The van der Waals surface area contributed by atoms with Crippen molar-refractivity contribution < 1.29 is 19.2 Å². The van der Waals surface area contributed by atoms with E-state index in [2.05, 4.69) is 4.90 Å². The summed E-state index contributed by atoms with van der Waals surface area (Å²) in [6.07, 6.45) is 2.92. The number of carbonyl (C=O) groups is 2. The fraction of sp³-hybridized carbons (Fsp3) is 0.238. The fourth-order valence-electron chi connectivity index (χ4n) is 3.08. The molecule has 29 heavy (non-hydrogen) atoms. The second-order valence-corrected chi connectivity index (χ2v) is 7.53. The first-order chi connectivity index (χ1) is 14.1. The monoisotopic (exact) mass is 415 g/mol. The summed E-state index contributed by atoms with van der Waals surface area (Å²) >= 11 is 1.40. The van der Waals surface area contributed by atoms with Crippen LogP contribution in [0.2, 0.25) is 0 Å². The lowest BCUT2D eigenvalue weighted by molar-refractivity contribution is -0.128. The molecule has 6 nitrogen and oxygen atoms in total. The number of thioether (sulfide) groups is 1. The van der Waals surface area contributed by atoms with E-state index in [1.165, 1.54) is 30.0 Å². The zero-order valence-corrected chi connectivity index (χ0v) is 16.6. The largest absolute Gasteiger partial charge is 0.367 e. The first-order valence-electron chi connectivity index (χ1n) is 9.19. The summed E-state index contributed by atoms with van der Waals surface area (Å²) in [6.45, 7) is 2.59. The molecule has 0 radical (unpaired) electrons. The topological polar surface area (TPSA) is 72.9 Å². The molecule has 0 bridgehead atoms. The summed E-state index contributed by atoms with van der Waals surface area (Å²) in [5.41, 5.74) is 3.41. The van der Waals surface area contributed by atoms with Crippen molar-refractivity contribution in [3.63, 3.8) is 0 Å². The third kappa shape index (κ3) is 5.82. The number of para-hydroxylation sites is 1. The lowest BCUT2D eigenvalue weighted by Crippen LogP contribution is -2.49. The number of amides is 2. The number of hydroxylamine groups is 1. The number of anilines is 1. The van der Waals surface area contributed by atoms with Gasteiger partial charge >= 0.3 is 0 Å². The molecular weight excluding hydrogens is 393 g/mol. The van der Waals surface area contributed by atoms with E-state index < -0.39 is 5.91 Å². The van der Waals surface area contributed by atoms with Crippen molar-refractivity contribution in [2.45, 2.75) is 4.90 Å². The standard InChI is InChI=1S/C21H22FN3O3S/c22-17-6-8-18(9-7-17)29-15-21(27)25-13-11-24(12-14-25)19-4-2-1-3-16(19)5-10-20(26)23-28/h1-10,28H,11-15H2,(H,23,26). The number of rotatable bonds is 6. The zero-order valence-electron chi connectivity index (χ0n) is 15.8. The van der Waals surface area contributed by atoms with Gasteiger partial charge in [-0.2, -0.15) is 0 Å². The van der Waals surface area contributed by atoms with Gasteiger partial charge in [0.15, 0.2) is 0 Å². The maximum Gasteiger partial charge on any atom is 0.267 e. The molecule has 0 unspecified atom stereocenters. The number of piperazine rings is 1. The van der Waals surface area contributed by atoms with E-state index in [4.69, 9.17) is 5.21 Å². The predicted molar refractivity (Wildman–Crippen MR) is 111 cm³/mol. The Bertz CT molecular complexity index is 881. The zero-order chi connectivity index (χ0) is 20.6. The molecule has 0 aromatic heterocycles. The van der Waals surface area contributed by atoms with E-state index in [9.17, 15) is 14.0 Å². The van der Waals surface area contributed by atoms with E-state index in [1.807, 2.05) is 29.2 Å². The normalized spacial score (nSPS) is 14.3. The maximum atomic E-state index is 13.0. The van der Waals surface area contributed by atoms with Gasteiger partial charge in [0.2, 0.25) is 5.91 Å². The molecule has 3 rings (SSSR count). The predicted octanol–water partition coefficient (Wildman–Crippen LogP) is 2.79. The number of nitrogens with zero attached hydrogens (tertiary/aromatic N) is 2. The molecular formula is C21H22FN3O3S. The third-order valence-electron chi connectivity index (χ3n) is 4.61. The first-order valence-corrected chi connectivity index (χ1v) is 10.2. The Morgan fingerprint density at radius 2 is 1.76 bits per heavy atom. The number of carbonyl (C=O) groups excluding carboxylic acids is 2. The van der Waals surface area contributed by atoms with Crippen molar-refractivity contribution in [3.05, 3.63) is 66.0 Å². The molecule has 0 spiro atoms. The molecule has 8 heteroatoms. The van der Waals surface area contributed by atoms with Gasteiger partial charge in [0, 0.05) is 42.8 Å². The van der Waals surface area contributed by atoms with Gasteiger partial charge in [-0.25, -0.2) is 9.87 Å². The summed E-state index contributed by atoms with van der Waals surface area (Å²) in [6, 6.07) is 13.8. The Kier molecular flexibility index (Phi) is 7.26. The summed E-state index contributed by atoms with van der Waals surface area (Å²) in [4.78, 5) is 28.6. The minimum atomic E-state index is -0.589. The molecule has 1 saturated heterocycles. The summed E-state index contributed by atoms with van der Waals surface area (Å²) in [5, 5.41) is 8.62. The number of hydrogen-bond donors (Lipinski definition) is 2. The first kappa shape index (κ1) is 20.9. The van der Waals surface area contributed by atoms with Crippen LogP contribution in [0.1, 0.15) is 5.56 Å². The van der Waals surface area contributed by atoms with E-state index in [0.717, 1.165) is 16.1 Å². The van der Waals surface area contributed by atoms with Gasteiger partial charge in [-0.1, -0.05) is 18.2 Å². The maximum absolute atomic E-state index is 13.0. The van der Waals surface area contributed by atoms with Crippen LogP contribution in [-0.2, 0) is 9.59 Å². The van der Waals surface area contributed by atoms with Crippen molar-refractivity contribution in [2.75, 3.05) is 36.8 Å². The van der Waals surface area contributed by atoms with Crippen molar-refractivity contribution in [1.29, 1.82) is 0 Å². The quantitative estimate of drug-likeness (QED) is 0.329. The SMILES string of the molecule is O=C(C=Cc1ccccc1N1CCN(C(=O)CSc2ccc(F)cc2)CC1)NO. The van der Waals surface area contributed by atoms with E-state index in [-0.39, 0.29) is 11.7 Å². The summed E-state index contributed by atoms with van der Waals surface area (Å²) < 4.78 is 13.0. The summed E-state index contributed by atoms with van der Waals surface area (Å²) in [5.74, 6) is -0.495.